The maximum atomic E-state index is 13.3. The molecular weight excluding hydrogens is 399 g/mol. The highest BCUT2D eigenvalue weighted by Crippen LogP contribution is 2.47. The van der Waals surface area contributed by atoms with Gasteiger partial charge in [-0.15, -0.1) is 0 Å². The molecule has 27 heavy (non-hydrogen) atoms. The normalized spacial score (nSPS) is 19.6. The Balaban J connectivity index is 1.91. The topological polar surface area (TPSA) is 80.0 Å². The number of fused-ring (bicyclic) bond motifs is 1. The number of pyridine rings is 1. The molecule has 2 aromatic heterocycles. The highest BCUT2D eigenvalue weighted by Gasteiger charge is 2.51. The van der Waals surface area contributed by atoms with Gasteiger partial charge in [-0.05, 0) is 19.1 Å². The number of nitrogens with zero attached hydrogens (tertiary/aromatic N) is 3. The molecule has 1 saturated carbocycles. The number of alkyl halides is 5. The van der Waals surface area contributed by atoms with Crippen molar-refractivity contribution in [1.29, 1.82) is 0 Å². The molecular formula is C15H14ClF5N4O2. The van der Waals surface area contributed by atoms with Gasteiger partial charge < -0.3 is 5.11 Å². The minimum absolute atomic E-state index is 0.0626. The van der Waals surface area contributed by atoms with Crippen LogP contribution in [0.1, 0.15) is 32.2 Å². The number of anilines is 1. The molecule has 2 heterocycles. The summed E-state index contributed by atoms with van der Waals surface area (Å²) in [5.41, 5.74) is -2.90. The lowest BCUT2D eigenvalue weighted by Gasteiger charge is -2.36. The van der Waals surface area contributed by atoms with Crippen molar-refractivity contribution in [3.8, 4) is 0 Å². The van der Waals surface area contributed by atoms with E-state index < -0.39 is 48.9 Å². The van der Waals surface area contributed by atoms with E-state index in [0.717, 1.165) is 0 Å². The van der Waals surface area contributed by atoms with Crippen LogP contribution in [0, 0.1) is 0 Å². The number of carbonyl (C=O) groups excluding carboxylic acids is 1. The molecule has 0 spiro atoms. The standard InChI is InChI=1S/C15H14ClF5N4O2/c1-13(27,15(19,20)21)6-10(26)24-12-22-8-2-3-9(16)23-11(8)25(12)7-4-14(17,18)5-7/h2-3,7,27H,4-6H2,1H3,(H,22,24,26)/t13-/m1/s1. The lowest BCUT2D eigenvalue weighted by atomic mass is 9.88. The number of amides is 1. The number of aromatic nitrogens is 3. The predicted octanol–water partition coefficient (Wildman–Crippen LogP) is 3.70. The van der Waals surface area contributed by atoms with Crippen molar-refractivity contribution < 1.29 is 31.9 Å². The Morgan fingerprint density at radius 1 is 1.37 bits per heavy atom. The zero-order valence-corrected chi connectivity index (χ0v) is 14.6. The molecule has 148 valence electrons. The number of carbonyl (C=O) groups is 1. The zero-order chi connectivity index (χ0) is 20.2. The van der Waals surface area contributed by atoms with Gasteiger partial charge in [0.25, 0.3) is 5.92 Å². The van der Waals surface area contributed by atoms with Gasteiger partial charge in [0.1, 0.15) is 10.7 Å². The lowest BCUT2D eigenvalue weighted by Crippen LogP contribution is -2.45. The van der Waals surface area contributed by atoms with Crippen molar-refractivity contribution >= 4 is 34.6 Å². The third-order valence-electron chi connectivity index (χ3n) is 4.30. The molecule has 0 unspecified atom stereocenters. The second kappa shape index (κ2) is 6.26. The third-order valence-corrected chi connectivity index (χ3v) is 4.51. The smallest absolute Gasteiger partial charge is 0.380 e. The minimum atomic E-state index is -5.02. The summed E-state index contributed by atoms with van der Waals surface area (Å²) in [5.74, 6) is -4.30. The maximum absolute atomic E-state index is 13.3. The Kier molecular flexibility index (Phi) is 4.58. The second-order valence-electron chi connectivity index (χ2n) is 6.70. The van der Waals surface area contributed by atoms with E-state index in [-0.39, 0.29) is 22.3 Å². The minimum Gasteiger partial charge on any atom is -0.380 e. The van der Waals surface area contributed by atoms with E-state index in [1.54, 1.807) is 0 Å². The van der Waals surface area contributed by atoms with Crippen LogP contribution >= 0.6 is 11.6 Å². The molecule has 6 nitrogen and oxygen atoms in total. The number of rotatable bonds is 4. The highest BCUT2D eigenvalue weighted by atomic mass is 35.5. The number of halogens is 6. The molecule has 1 aliphatic rings. The molecule has 1 atom stereocenters. The molecule has 0 bridgehead atoms. The zero-order valence-electron chi connectivity index (χ0n) is 13.8. The van der Waals surface area contributed by atoms with Crippen molar-refractivity contribution in [2.24, 2.45) is 0 Å². The predicted molar refractivity (Wildman–Crippen MR) is 85.7 cm³/mol. The largest absolute Gasteiger partial charge is 0.417 e. The van der Waals surface area contributed by atoms with Crippen molar-refractivity contribution in [3.05, 3.63) is 17.3 Å². The van der Waals surface area contributed by atoms with Gasteiger partial charge in [0.15, 0.2) is 11.2 Å². The van der Waals surface area contributed by atoms with Gasteiger partial charge >= 0.3 is 6.18 Å². The van der Waals surface area contributed by atoms with Gasteiger partial charge in [-0.3, -0.25) is 14.7 Å². The SMILES string of the molecule is C[C@@](O)(CC(=O)Nc1nc2ccc(Cl)nc2n1C1CC(F)(F)C1)C(F)(F)F. The van der Waals surface area contributed by atoms with Crippen LogP contribution in [0.4, 0.5) is 27.9 Å². The summed E-state index contributed by atoms with van der Waals surface area (Å²) in [6.07, 6.45) is -7.37. The maximum Gasteiger partial charge on any atom is 0.417 e. The van der Waals surface area contributed by atoms with Crippen LogP contribution in [0.15, 0.2) is 12.1 Å². The summed E-state index contributed by atoms with van der Waals surface area (Å²) < 4.78 is 66.0. The van der Waals surface area contributed by atoms with Crippen molar-refractivity contribution in [2.75, 3.05) is 5.32 Å². The lowest BCUT2D eigenvalue weighted by molar-refractivity contribution is -0.253. The molecule has 1 aliphatic carbocycles. The number of hydrogen-bond acceptors (Lipinski definition) is 4. The Labute approximate surface area is 154 Å². The molecule has 0 saturated heterocycles. The number of nitrogens with one attached hydrogen (secondary N) is 1. The van der Waals surface area contributed by atoms with Crippen LogP contribution in [-0.2, 0) is 4.79 Å². The van der Waals surface area contributed by atoms with Gasteiger partial charge in [-0.2, -0.15) is 13.2 Å². The summed E-state index contributed by atoms with van der Waals surface area (Å²) in [6.45, 7) is 0.462. The Morgan fingerprint density at radius 3 is 2.56 bits per heavy atom. The van der Waals surface area contributed by atoms with Gasteiger partial charge in [0, 0.05) is 12.8 Å². The van der Waals surface area contributed by atoms with E-state index in [9.17, 15) is 31.9 Å². The molecule has 2 N–H and O–H groups in total. The highest BCUT2D eigenvalue weighted by molar-refractivity contribution is 6.29. The van der Waals surface area contributed by atoms with Gasteiger partial charge in [0.05, 0.1) is 12.5 Å². The van der Waals surface area contributed by atoms with Gasteiger partial charge in [-0.25, -0.2) is 18.7 Å². The van der Waals surface area contributed by atoms with Crippen molar-refractivity contribution in [3.63, 3.8) is 0 Å². The first-order valence-electron chi connectivity index (χ1n) is 7.80. The van der Waals surface area contributed by atoms with Crippen LogP contribution in [-0.4, -0.2) is 43.2 Å². The summed E-state index contributed by atoms with van der Waals surface area (Å²) in [6, 6.07) is 2.09. The number of imidazole rings is 1. The van der Waals surface area contributed by atoms with E-state index in [1.165, 1.54) is 16.7 Å². The van der Waals surface area contributed by atoms with Crippen molar-refractivity contribution in [2.45, 2.75) is 49.9 Å². The molecule has 1 amide bonds. The van der Waals surface area contributed by atoms with Gasteiger partial charge in [0.2, 0.25) is 11.9 Å². The first-order chi connectivity index (χ1) is 12.3. The molecule has 12 heteroatoms. The third kappa shape index (κ3) is 3.84. The molecule has 2 aromatic rings. The molecule has 0 aliphatic heterocycles. The number of aliphatic hydroxyl groups is 1. The Bertz CT molecular complexity index is 888. The van der Waals surface area contributed by atoms with Crippen LogP contribution in [0.25, 0.3) is 11.2 Å². The van der Waals surface area contributed by atoms with Crippen LogP contribution in [0.2, 0.25) is 5.15 Å². The van der Waals surface area contributed by atoms with E-state index in [2.05, 4.69) is 15.3 Å². The Morgan fingerprint density at radius 2 is 2.00 bits per heavy atom. The summed E-state index contributed by atoms with van der Waals surface area (Å²) >= 11 is 5.82. The summed E-state index contributed by atoms with van der Waals surface area (Å²) in [5, 5.41) is 11.6. The summed E-state index contributed by atoms with van der Waals surface area (Å²) in [7, 11) is 0. The molecule has 1 fully saturated rings. The fraction of sp³-hybridized carbons (Fsp3) is 0.533. The summed E-state index contributed by atoms with van der Waals surface area (Å²) in [4.78, 5) is 20.1. The quantitative estimate of drug-likeness (QED) is 0.593. The van der Waals surface area contributed by atoms with Crippen LogP contribution in [0.5, 0.6) is 0 Å². The molecule has 0 radical (unpaired) electrons. The van der Waals surface area contributed by atoms with E-state index in [4.69, 9.17) is 11.6 Å². The fourth-order valence-corrected chi connectivity index (χ4v) is 2.92. The van der Waals surface area contributed by atoms with E-state index in [1.807, 2.05) is 0 Å². The molecule has 0 aromatic carbocycles. The number of hydrogen-bond donors (Lipinski definition) is 2. The monoisotopic (exact) mass is 412 g/mol. The van der Waals surface area contributed by atoms with E-state index >= 15 is 0 Å². The average molecular weight is 413 g/mol. The first-order valence-corrected chi connectivity index (χ1v) is 8.18. The molecule has 3 rings (SSSR count). The Hall–Kier alpha value is -2.01. The average Bonchev–Trinajstić information content (AvgIpc) is 2.79. The second-order valence-corrected chi connectivity index (χ2v) is 7.08. The first kappa shape index (κ1) is 19.7. The fourth-order valence-electron chi connectivity index (χ4n) is 2.78. The van der Waals surface area contributed by atoms with E-state index in [0.29, 0.717) is 6.92 Å². The van der Waals surface area contributed by atoms with Crippen LogP contribution < -0.4 is 5.32 Å². The van der Waals surface area contributed by atoms with Gasteiger partial charge in [-0.1, -0.05) is 11.6 Å². The van der Waals surface area contributed by atoms with Crippen LogP contribution in [0.3, 0.4) is 0 Å². The van der Waals surface area contributed by atoms with Crippen molar-refractivity contribution in [1.82, 2.24) is 14.5 Å².